The molecule has 6 nitrogen and oxygen atoms in total. The molecule has 2 heterocycles. The summed E-state index contributed by atoms with van der Waals surface area (Å²) < 4.78 is 11.6. The largest absolute Gasteiger partial charge is 0.491 e. The van der Waals surface area contributed by atoms with Crippen LogP contribution < -0.4 is 9.47 Å². The monoisotopic (exact) mass is 369 g/mol. The third-order valence-electron chi connectivity index (χ3n) is 4.37. The van der Waals surface area contributed by atoms with Crippen molar-refractivity contribution >= 4 is 5.91 Å². The number of hydrogen-bond donors (Lipinski definition) is 0. The quantitative estimate of drug-likeness (QED) is 0.806. The van der Waals surface area contributed by atoms with Gasteiger partial charge in [0, 0.05) is 23.5 Å². The van der Waals surface area contributed by atoms with Gasteiger partial charge in [-0.05, 0) is 70.9 Å². The Kier molecular flexibility index (Phi) is 5.94. The number of rotatable bonds is 5. The highest BCUT2D eigenvalue weighted by Gasteiger charge is 2.26. The molecule has 2 aromatic rings. The SMILES string of the molecule is Cc1cc(C)nc(OC2CCCN(C(=O)c3ccc(OC(C)C)cc3)C2)n1. The molecule has 0 saturated carbocycles. The second kappa shape index (κ2) is 8.37. The zero-order chi connectivity index (χ0) is 19.4. The van der Waals surface area contributed by atoms with E-state index < -0.39 is 0 Å². The number of aromatic nitrogens is 2. The average molecular weight is 369 g/mol. The Bertz CT molecular complexity index is 770. The van der Waals surface area contributed by atoms with E-state index >= 15 is 0 Å². The molecule has 144 valence electrons. The zero-order valence-corrected chi connectivity index (χ0v) is 16.4. The first kappa shape index (κ1) is 19.1. The molecule has 0 bridgehead atoms. The van der Waals surface area contributed by atoms with Crippen LogP contribution in [0.4, 0.5) is 0 Å². The van der Waals surface area contributed by atoms with Crippen molar-refractivity contribution in [2.75, 3.05) is 13.1 Å². The topological polar surface area (TPSA) is 64.5 Å². The lowest BCUT2D eigenvalue weighted by atomic mass is 10.1. The first-order valence-electron chi connectivity index (χ1n) is 9.45. The summed E-state index contributed by atoms with van der Waals surface area (Å²) in [6, 6.07) is 9.62. The number of piperidine rings is 1. The Morgan fingerprint density at radius 2 is 1.81 bits per heavy atom. The second-order valence-corrected chi connectivity index (χ2v) is 7.26. The molecule has 3 rings (SSSR count). The number of nitrogens with zero attached hydrogens (tertiary/aromatic N) is 3. The number of carbonyl (C=O) groups excluding carboxylic acids is 1. The van der Waals surface area contributed by atoms with E-state index in [1.807, 2.05) is 62.9 Å². The zero-order valence-electron chi connectivity index (χ0n) is 16.4. The van der Waals surface area contributed by atoms with E-state index in [1.54, 1.807) is 0 Å². The van der Waals surface area contributed by atoms with Crippen LogP contribution in [0.1, 0.15) is 48.4 Å². The molecule has 1 aliphatic heterocycles. The summed E-state index contributed by atoms with van der Waals surface area (Å²) in [7, 11) is 0. The first-order chi connectivity index (χ1) is 12.9. The maximum atomic E-state index is 12.8. The van der Waals surface area contributed by atoms with E-state index in [0.29, 0.717) is 18.1 Å². The molecule has 1 amide bonds. The maximum Gasteiger partial charge on any atom is 0.317 e. The molecule has 0 N–H and O–H groups in total. The van der Waals surface area contributed by atoms with Crippen molar-refractivity contribution in [1.29, 1.82) is 0 Å². The van der Waals surface area contributed by atoms with E-state index in [0.717, 1.165) is 36.5 Å². The Morgan fingerprint density at radius 1 is 1.15 bits per heavy atom. The van der Waals surface area contributed by atoms with E-state index in [1.165, 1.54) is 0 Å². The summed E-state index contributed by atoms with van der Waals surface area (Å²) in [5, 5.41) is 0. The lowest BCUT2D eigenvalue weighted by Gasteiger charge is -2.32. The second-order valence-electron chi connectivity index (χ2n) is 7.26. The van der Waals surface area contributed by atoms with Gasteiger partial charge in [-0.15, -0.1) is 0 Å². The number of hydrogen-bond acceptors (Lipinski definition) is 5. The van der Waals surface area contributed by atoms with Gasteiger partial charge in [0.25, 0.3) is 5.91 Å². The summed E-state index contributed by atoms with van der Waals surface area (Å²) in [6.07, 6.45) is 1.81. The van der Waals surface area contributed by atoms with Crippen molar-refractivity contribution in [3.8, 4) is 11.8 Å². The third kappa shape index (κ3) is 5.18. The third-order valence-corrected chi connectivity index (χ3v) is 4.37. The number of carbonyl (C=O) groups is 1. The van der Waals surface area contributed by atoms with Crippen molar-refractivity contribution in [1.82, 2.24) is 14.9 Å². The highest BCUT2D eigenvalue weighted by molar-refractivity contribution is 5.94. The molecule has 0 spiro atoms. The Hall–Kier alpha value is -2.63. The van der Waals surface area contributed by atoms with Crippen molar-refractivity contribution in [3.63, 3.8) is 0 Å². The van der Waals surface area contributed by atoms with Crippen LogP contribution in [0.25, 0.3) is 0 Å². The van der Waals surface area contributed by atoms with Crippen LogP contribution in [-0.4, -0.2) is 46.1 Å². The summed E-state index contributed by atoms with van der Waals surface area (Å²) in [5.74, 6) is 0.786. The Labute approximate surface area is 160 Å². The van der Waals surface area contributed by atoms with Gasteiger partial charge >= 0.3 is 6.01 Å². The molecule has 1 unspecified atom stereocenters. The highest BCUT2D eigenvalue weighted by atomic mass is 16.5. The first-order valence-corrected chi connectivity index (χ1v) is 9.45. The van der Waals surface area contributed by atoms with Crippen LogP contribution in [0.2, 0.25) is 0 Å². The molecule has 27 heavy (non-hydrogen) atoms. The van der Waals surface area contributed by atoms with Gasteiger partial charge in [-0.1, -0.05) is 0 Å². The number of benzene rings is 1. The molecule has 1 aromatic heterocycles. The summed E-state index contributed by atoms with van der Waals surface area (Å²) >= 11 is 0. The van der Waals surface area contributed by atoms with Gasteiger partial charge in [0.1, 0.15) is 11.9 Å². The molecule has 0 aliphatic carbocycles. The molecule has 6 heteroatoms. The fraction of sp³-hybridized carbons (Fsp3) is 0.476. The molecule has 0 radical (unpaired) electrons. The Balaban J connectivity index is 1.63. The van der Waals surface area contributed by atoms with E-state index in [9.17, 15) is 4.79 Å². The molecule has 1 fully saturated rings. The van der Waals surface area contributed by atoms with Gasteiger partial charge < -0.3 is 14.4 Å². The van der Waals surface area contributed by atoms with Crippen LogP contribution in [0.5, 0.6) is 11.8 Å². The van der Waals surface area contributed by atoms with Crippen LogP contribution >= 0.6 is 0 Å². The molecular formula is C21H27N3O3. The standard InChI is InChI=1S/C21H27N3O3/c1-14(2)26-18-9-7-17(8-10-18)20(25)24-11-5-6-19(13-24)27-21-22-15(3)12-16(4)23-21/h7-10,12,14,19H,5-6,11,13H2,1-4H3. The lowest BCUT2D eigenvalue weighted by Crippen LogP contribution is -2.44. The molecule has 1 aliphatic rings. The number of aryl methyl sites for hydroxylation is 2. The number of ether oxygens (including phenoxy) is 2. The van der Waals surface area contributed by atoms with Crippen LogP contribution in [-0.2, 0) is 0 Å². The molecule has 1 aromatic carbocycles. The predicted octanol–water partition coefficient (Wildman–Crippen LogP) is 3.56. The van der Waals surface area contributed by atoms with Crippen LogP contribution in [0.3, 0.4) is 0 Å². The maximum absolute atomic E-state index is 12.8. The average Bonchev–Trinajstić information content (AvgIpc) is 2.60. The number of likely N-dealkylation sites (tertiary alicyclic amines) is 1. The van der Waals surface area contributed by atoms with Gasteiger partial charge in [-0.25, -0.2) is 9.97 Å². The molecular weight excluding hydrogens is 342 g/mol. The van der Waals surface area contributed by atoms with Gasteiger partial charge in [0.15, 0.2) is 0 Å². The van der Waals surface area contributed by atoms with Crippen molar-refractivity contribution in [2.45, 2.75) is 52.7 Å². The lowest BCUT2D eigenvalue weighted by molar-refractivity contribution is 0.0515. The van der Waals surface area contributed by atoms with Crippen molar-refractivity contribution < 1.29 is 14.3 Å². The minimum Gasteiger partial charge on any atom is -0.491 e. The van der Waals surface area contributed by atoms with Crippen LogP contribution in [0.15, 0.2) is 30.3 Å². The Morgan fingerprint density at radius 3 is 2.44 bits per heavy atom. The normalized spacial score (nSPS) is 17.1. The van der Waals surface area contributed by atoms with Gasteiger partial charge in [-0.3, -0.25) is 4.79 Å². The van der Waals surface area contributed by atoms with Gasteiger partial charge in [0.05, 0.1) is 12.6 Å². The van der Waals surface area contributed by atoms with Crippen LogP contribution in [0, 0.1) is 13.8 Å². The highest BCUT2D eigenvalue weighted by Crippen LogP contribution is 2.20. The smallest absolute Gasteiger partial charge is 0.317 e. The van der Waals surface area contributed by atoms with Crippen molar-refractivity contribution in [2.24, 2.45) is 0 Å². The summed E-state index contributed by atoms with van der Waals surface area (Å²) in [4.78, 5) is 23.4. The predicted molar refractivity (Wildman–Crippen MR) is 103 cm³/mol. The van der Waals surface area contributed by atoms with E-state index in [2.05, 4.69) is 9.97 Å². The minimum atomic E-state index is -0.0903. The number of amides is 1. The summed E-state index contributed by atoms with van der Waals surface area (Å²) in [6.45, 7) is 9.07. The van der Waals surface area contributed by atoms with Gasteiger partial charge in [0.2, 0.25) is 0 Å². The van der Waals surface area contributed by atoms with Crippen molar-refractivity contribution in [3.05, 3.63) is 47.3 Å². The van der Waals surface area contributed by atoms with E-state index in [-0.39, 0.29) is 18.1 Å². The minimum absolute atomic E-state index is 0.0146. The van der Waals surface area contributed by atoms with E-state index in [4.69, 9.17) is 9.47 Å². The molecule has 1 atom stereocenters. The van der Waals surface area contributed by atoms with Gasteiger partial charge in [-0.2, -0.15) is 0 Å². The fourth-order valence-electron chi connectivity index (χ4n) is 3.25. The summed E-state index contributed by atoms with van der Waals surface area (Å²) in [5.41, 5.74) is 2.42. The fourth-order valence-corrected chi connectivity index (χ4v) is 3.25. The molecule has 1 saturated heterocycles.